The number of thioether (sulfide) groups is 2. The van der Waals surface area contributed by atoms with Crippen LogP contribution in [0.25, 0.3) is 0 Å². The molecule has 1 saturated heterocycles. The zero-order chi connectivity index (χ0) is 11.7. The van der Waals surface area contributed by atoms with Crippen LogP contribution >= 0.6 is 34.9 Å². The Morgan fingerprint density at radius 1 is 1.35 bits per heavy atom. The molecule has 0 radical (unpaired) electrons. The zero-order valence-electron chi connectivity index (χ0n) is 9.85. The van der Waals surface area contributed by atoms with Gasteiger partial charge in [-0.05, 0) is 19.3 Å². The molecule has 2 unspecified atom stereocenters. The van der Waals surface area contributed by atoms with E-state index in [2.05, 4.69) is 23.5 Å². The minimum atomic E-state index is 0.532. The lowest BCUT2D eigenvalue weighted by Gasteiger charge is -2.19. The third-order valence-corrected chi connectivity index (χ3v) is 7.62. The second-order valence-electron chi connectivity index (χ2n) is 4.62. The van der Waals surface area contributed by atoms with Crippen molar-refractivity contribution in [2.45, 2.75) is 30.4 Å². The molecule has 0 bridgehead atoms. The van der Waals surface area contributed by atoms with Crippen molar-refractivity contribution in [1.82, 2.24) is 4.98 Å². The largest absolute Gasteiger partial charge is 0.330 e. The lowest BCUT2D eigenvalue weighted by molar-refractivity contribution is 0.553. The van der Waals surface area contributed by atoms with E-state index in [0.717, 1.165) is 6.54 Å². The van der Waals surface area contributed by atoms with Crippen LogP contribution in [0.2, 0.25) is 0 Å². The van der Waals surface area contributed by atoms with Gasteiger partial charge in [0.15, 0.2) is 0 Å². The molecule has 2 nitrogen and oxygen atoms in total. The number of aromatic nitrogens is 1. The quantitative estimate of drug-likeness (QED) is 0.907. The highest BCUT2D eigenvalue weighted by atomic mass is 32.2. The van der Waals surface area contributed by atoms with Crippen molar-refractivity contribution in [2.24, 2.45) is 5.73 Å². The maximum absolute atomic E-state index is 5.86. The van der Waals surface area contributed by atoms with Crippen LogP contribution in [0.3, 0.4) is 0 Å². The molecule has 5 heteroatoms. The van der Waals surface area contributed by atoms with Crippen molar-refractivity contribution in [3.8, 4) is 0 Å². The summed E-state index contributed by atoms with van der Waals surface area (Å²) in [6, 6.07) is 0. The summed E-state index contributed by atoms with van der Waals surface area (Å²) in [7, 11) is 0. The Hall–Kier alpha value is 0.290. The molecule has 2 heterocycles. The van der Waals surface area contributed by atoms with Crippen LogP contribution in [-0.2, 0) is 6.42 Å². The maximum atomic E-state index is 5.86. The fraction of sp³-hybridized carbons (Fsp3) is 0.750. The lowest BCUT2D eigenvalue weighted by atomic mass is 9.91. The van der Waals surface area contributed by atoms with Crippen LogP contribution in [-0.4, -0.2) is 28.8 Å². The Labute approximate surface area is 115 Å². The number of nitrogens with two attached hydrogens (primary N) is 1. The first kappa shape index (κ1) is 12.3. The zero-order valence-corrected chi connectivity index (χ0v) is 12.3. The summed E-state index contributed by atoms with van der Waals surface area (Å²) in [6.45, 7) is 0.767. The summed E-state index contributed by atoms with van der Waals surface area (Å²) in [5, 5.41) is 2.01. The highest BCUT2D eigenvalue weighted by molar-refractivity contribution is 8.06. The first-order chi connectivity index (χ1) is 8.38. The Bertz CT molecular complexity index is 385. The van der Waals surface area contributed by atoms with Gasteiger partial charge in [-0.15, -0.1) is 23.1 Å². The predicted molar refractivity (Wildman–Crippen MR) is 79.4 cm³/mol. The fourth-order valence-corrected chi connectivity index (χ4v) is 6.70. The lowest BCUT2D eigenvalue weighted by Crippen LogP contribution is -2.17. The number of hydrogen-bond donors (Lipinski definition) is 1. The molecule has 0 aromatic carbocycles. The van der Waals surface area contributed by atoms with Crippen molar-refractivity contribution in [1.29, 1.82) is 0 Å². The Morgan fingerprint density at radius 3 is 3.06 bits per heavy atom. The molecule has 1 aromatic heterocycles. The number of aryl methyl sites for hydroxylation is 1. The van der Waals surface area contributed by atoms with Crippen molar-refractivity contribution < 1.29 is 0 Å². The summed E-state index contributed by atoms with van der Waals surface area (Å²) >= 11 is 6.12. The van der Waals surface area contributed by atoms with E-state index in [9.17, 15) is 0 Å². The summed E-state index contributed by atoms with van der Waals surface area (Å²) in [6.07, 6.45) is 3.76. The van der Waals surface area contributed by atoms with Crippen molar-refractivity contribution in [3.05, 3.63) is 15.6 Å². The predicted octanol–water partition coefficient (Wildman–Crippen LogP) is 3.04. The van der Waals surface area contributed by atoms with Gasteiger partial charge in [0, 0.05) is 34.6 Å². The van der Waals surface area contributed by atoms with E-state index in [-0.39, 0.29) is 0 Å². The third-order valence-electron chi connectivity index (χ3n) is 3.46. The molecule has 17 heavy (non-hydrogen) atoms. The molecular formula is C12H18N2S3. The standard InChI is InChI=1S/C12H18N2S3/c13-6-8-2-1-3-9-11(8)14-12(17-9)10-7-15-4-5-16-10/h8,10H,1-7,13H2. The van der Waals surface area contributed by atoms with Crippen LogP contribution in [0.5, 0.6) is 0 Å². The van der Waals surface area contributed by atoms with Crippen LogP contribution in [0.15, 0.2) is 0 Å². The average Bonchev–Trinajstić information content (AvgIpc) is 2.83. The molecule has 2 N–H and O–H groups in total. The molecule has 3 rings (SSSR count). The van der Waals surface area contributed by atoms with Crippen LogP contribution in [0.1, 0.15) is 39.6 Å². The fourth-order valence-electron chi connectivity index (χ4n) is 2.52. The Morgan fingerprint density at radius 2 is 2.29 bits per heavy atom. The second kappa shape index (κ2) is 5.51. The summed E-state index contributed by atoms with van der Waals surface area (Å²) < 4.78 is 0. The highest BCUT2D eigenvalue weighted by Gasteiger charge is 2.27. The van der Waals surface area contributed by atoms with E-state index in [4.69, 9.17) is 10.7 Å². The molecule has 94 valence electrons. The number of thiazole rings is 1. The van der Waals surface area contributed by atoms with Gasteiger partial charge < -0.3 is 5.73 Å². The normalized spacial score (nSPS) is 29.0. The molecule has 1 aliphatic heterocycles. The number of nitrogens with zero attached hydrogens (tertiary/aromatic N) is 1. The molecule has 0 saturated carbocycles. The Kier molecular flexibility index (Phi) is 4.00. The number of fused-ring (bicyclic) bond motifs is 1. The van der Waals surface area contributed by atoms with Gasteiger partial charge in [0.2, 0.25) is 0 Å². The molecule has 1 aliphatic carbocycles. The highest BCUT2D eigenvalue weighted by Crippen LogP contribution is 2.42. The van der Waals surface area contributed by atoms with E-state index in [1.165, 1.54) is 52.1 Å². The van der Waals surface area contributed by atoms with Gasteiger partial charge in [0.25, 0.3) is 0 Å². The number of rotatable bonds is 2. The topological polar surface area (TPSA) is 38.9 Å². The van der Waals surface area contributed by atoms with Crippen molar-refractivity contribution in [2.75, 3.05) is 23.8 Å². The maximum Gasteiger partial charge on any atom is 0.107 e. The molecule has 0 spiro atoms. The minimum absolute atomic E-state index is 0.532. The van der Waals surface area contributed by atoms with Gasteiger partial charge in [0.1, 0.15) is 5.01 Å². The van der Waals surface area contributed by atoms with Gasteiger partial charge in [-0.2, -0.15) is 11.8 Å². The van der Waals surface area contributed by atoms with Crippen molar-refractivity contribution in [3.63, 3.8) is 0 Å². The molecular weight excluding hydrogens is 268 g/mol. The Balaban J connectivity index is 1.84. The van der Waals surface area contributed by atoms with E-state index < -0.39 is 0 Å². The van der Waals surface area contributed by atoms with Gasteiger partial charge >= 0.3 is 0 Å². The van der Waals surface area contributed by atoms with E-state index in [1.807, 2.05) is 11.3 Å². The van der Waals surface area contributed by atoms with Crippen LogP contribution < -0.4 is 5.73 Å². The summed E-state index contributed by atoms with van der Waals surface area (Å²) in [5.74, 6) is 4.35. The minimum Gasteiger partial charge on any atom is -0.330 e. The summed E-state index contributed by atoms with van der Waals surface area (Å²) in [4.78, 5) is 6.46. The van der Waals surface area contributed by atoms with Crippen LogP contribution in [0, 0.1) is 0 Å². The second-order valence-corrected chi connectivity index (χ2v) is 8.20. The van der Waals surface area contributed by atoms with Gasteiger partial charge in [-0.3, -0.25) is 0 Å². The molecule has 0 amide bonds. The van der Waals surface area contributed by atoms with E-state index in [0.29, 0.717) is 11.2 Å². The van der Waals surface area contributed by atoms with Gasteiger partial charge in [0.05, 0.1) is 10.9 Å². The summed E-state index contributed by atoms with van der Waals surface area (Å²) in [5.41, 5.74) is 7.20. The first-order valence-corrected chi connectivity index (χ1v) is 9.29. The van der Waals surface area contributed by atoms with Crippen molar-refractivity contribution >= 4 is 34.9 Å². The number of hydrogen-bond acceptors (Lipinski definition) is 5. The molecule has 1 fully saturated rings. The molecule has 1 aromatic rings. The monoisotopic (exact) mass is 286 g/mol. The third kappa shape index (κ3) is 2.53. The SMILES string of the molecule is NCC1CCCc2sc(C3CSCCS3)nc21. The van der Waals surface area contributed by atoms with Gasteiger partial charge in [-0.25, -0.2) is 4.98 Å². The first-order valence-electron chi connectivity index (χ1n) is 6.27. The molecule has 2 aliphatic rings. The van der Waals surface area contributed by atoms with Crippen LogP contribution in [0.4, 0.5) is 0 Å². The smallest absolute Gasteiger partial charge is 0.107 e. The van der Waals surface area contributed by atoms with E-state index in [1.54, 1.807) is 0 Å². The average molecular weight is 286 g/mol. The molecule has 2 atom stereocenters. The van der Waals surface area contributed by atoms with E-state index >= 15 is 0 Å². The van der Waals surface area contributed by atoms with Gasteiger partial charge in [-0.1, -0.05) is 0 Å².